The average molecular weight is 205 g/mol. The van der Waals surface area contributed by atoms with E-state index in [1.165, 1.54) is 6.07 Å². The van der Waals surface area contributed by atoms with Crippen molar-refractivity contribution in [3.8, 4) is 5.69 Å². The van der Waals surface area contributed by atoms with Crippen molar-refractivity contribution in [2.24, 2.45) is 0 Å². The van der Waals surface area contributed by atoms with Crippen LogP contribution < -0.4 is 5.73 Å². The van der Waals surface area contributed by atoms with Crippen molar-refractivity contribution in [3.63, 3.8) is 0 Å². The fourth-order valence-electron chi connectivity index (χ4n) is 1.53. The number of halogens is 1. The normalized spacial score (nSPS) is 10.5. The highest BCUT2D eigenvalue weighted by atomic mass is 19.1. The minimum atomic E-state index is -0.331. The molecule has 2 N–H and O–H groups in total. The first-order valence-electron chi connectivity index (χ1n) is 4.80. The summed E-state index contributed by atoms with van der Waals surface area (Å²) >= 11 is 0. The molecule has 0 fully saturated rings. The van der Waals surface area contributed by atoms with Crippen LogP contribution in [0.2, 0.25) is 0 Å². The van der Waals surface area contributed by atoms with Crippen molar-refractivity contribution in [3.05, 3.63) is 42.2 Å². The van der Waals surface area contributed by atoms with E-state index in [9.17, 15) is 4.39 Å². The Kier molecular flexibility index (Phi) is 2.41. The third-order valence-corrected chi connectivity index (χ3v) is 2.26. The van der Waals surface area contributed by atoms with E-state index >= 15 is 0 Å². The van der Waals surface area contributed by atoms with Gasteiger partial charge in [-0.2, -0.15) is 0 Å². The van der Waals surface area contributed by atoms with E-state index < -0.39 is 0 Å². The molecule has 1 heterocycles. The number of benzene rings is 1. The molecule has 15 heavy (non-hydrogen) atoms. The predicted molar refractivity (Wildman–Crippen MR) is 57.3 cm³/mol. The number of rotatable bonds is 2. The van der Waals surface area contributed by atoms with E-state index in [4.69, 9.17) is 5.73 Å². The molecule has 2 rings (SSSR count). The van der Waals surface area contributed by atoms with Crippen molar-refractivity contribution < 1.29 is 4.39 Å². The van der Waals surface area contributed by atoms with Gasteiger partial charge in [0.25, 0.3) is 0 Å². The highest BCUT2D eigenvalue weighted by Gasteiger charge is 2.07. The van der Waals surface area contributed by atoms with E-state index in [1.54, 1.807) is 29.1 Å². The van der Waals surface area contributed by atoms with Crippen LogP contribution in [-0.4, -0.2) is 9.55 Å². The zero-order valence-corrected chi connectivity index (χ0v) is 8.44. The maximum Gasteiger partial charge on any atom is 0.149 e. The van der Waals surface area contributed by atoms with Crippen molar-refractivity contribution >= 4 is 5.69 Å². The predicted octanol–water partition coefficient (Wildman–Crippen LogP) is 2.16. The van der Waals surface area contributed by atoms with Crippen LogP contribution in [0.4, 0.5) is 10.1 Å². The number of nitrogen functional groups attached to an aromatic ring is 1. The molecule has 0 saturated carbocycles. The average Bonchev–Trinajstić information content (AvgIpc) is 2.65. The zero-order valence-electron chi connectivity index (χ0n) is 8.44. The highest BCUT2D eigenvalue weighted by molar-refractivity contribution is 5.46. The topological polar surface area (TPSA) is 43.8 Å². The second-order valence-electron chi connectivity index (χ2n) is 3.28. The number of hydrogen-bond acceptors (Lipinski definition) is 2. The molecule has 0 bridgehead atoms. The summed E-state index contributed by atoms with van der Waals surface area (Å²) in [5, 5.41) is 0. The third-order valence-electron chi connectivity index (χ3n) is 2.26. The molecule has 2 aromatic rings. The standard InChI is InChI=1S/C11H12FN3/c1-2-11-14-5-6-15(11)10-4-3-8(13)7-9(10)12/h3-7H,2,13H2,1H3. The Morgan fingerprint density at radius 3 is 2.93 bits per heavy atom. The number of imidazole rings is 1. The molecule has 0 atom stereocenters. The molecule has 0 aliphatic rings. The second kappa shape index (κ2) is 3.73. The number of nitrogens with two attached hydrogens (primary N) is 1. The van der Waals surface area contributed by atoms with Gasteiger partial charge in [-0.1, -0.05) is 6.92 Å². The SMILES string of the molecule is CCc1nccn1-c1ccc(N)cc1F. The minimum absolute atomic E-state index is 0.331. The van der Waals surface area contributed by atoms with Crippen LogP contribution in [0.3, 0.4) is 0 Å². The molecule has 0 aliphatic heterocycles. The Morgan fingerprint density at radius 2 is 2.27 bits per heavy atom. The summed E-state index contributed by atoms with van der Waals surface area (Å²) in [6, 6.07) is 4.65. The third kappa shape index (κ3) is 1.70. The zero-order chi connectivity index (χ0) is 10.8. The summed E-state index contributed by atoms with van der Waals surface area (Å²) < 4.78 is 15.3. The number of aryl methyl sites for hydroxylation is 1. The van der Waals surface area contributed by atoms with Gasteiger partial charge in [0, 0.05) is 24.5 Å². The van der Waals surface area contributed by atoms with Crippen LogP contribution in [0.1, 0.15) is 12.7 Å². The lowest BCUT2D eigenvalue weighted by Gasteiger charge is -2.07. The Labute approximate surface area is 87.4 Å². The van der Waals surface area contributed by atoms with Gasteiger partial charge in [0.1, 0.15) is 11.6 Å². The molecule has 1 aromatic carbocycles. The van der Waals surface area contributed by atoms with Crippen LogP contribution >= 0.6 is 0 Å². The number of nitrogens with zero attached hydrogens (tertiary/aromatic N) is 2. The van der Waals surface area contributed by atoms with Gasteiger partial charge in [0.05, 0.1) is 5.69 Å². The van der Waals surface area contributed by atoms with Gasteiger partial charge in [0.15, 0.2) is 0 Å². The van der Waals surface area contributed by atoms with E-state index in [2.05, 4.69) is 4.98 Å². The van der Waals surface area contributed by atoms with Crippen molar-refractivity contribution in [2.75, 3.05) is 5.73 Å². The summed E-state index contributed by atoms with van der Waals surface area (Å²) in [4.78, 5) is 4.14. The largest absolute Gasteiger partial charge is 0.399 e. The van der Waals surface area contributed by atoms with Crippen LogP contribution in [0.15, 0.2) is 30.6 Å². The van der Waals surface area contributed by atoms with Gasteiger partial charge in [-0.15, -0.1) is 0 Å². The molecule has 3 nitrogen and oxygen atoms in total. The molecule has 4 heteroatoms. The maximum absolute atomic E-state index is 13.6. The Hall–Kier alpha value is -1.84. The number of aromatic nitrogens is 2. The molecule has 0 saturated heterocycles. The van der Waals surface area contributed by atoms with Gasteiger partial charge >= 0.3 is 0 Å². The quantitative estimate of drug-likeness (QED) is 0.763. The molecule has 1 aromatic heterocycles. The van der Waals surface area contributed by atoms with Crippen LogP contribution in [0, 0.1) is 5.82 Å². The summed E-state index contributed by atoms with van der Waals surface area (Å²) in [6.07, 6.45) is 4.17. The van der Waals surface area contributed by atoms with E-state index in [-0.39, 0.29) is 5.82 Å². The number of hydrogen-bond donors (Lipinski definition) is 1. The van der Waals surface area contributed by atoms with Gasteiger partial charge in [-0.05, 0) is 18.2 Å². The van der Waals surface area contributed by atoms with Crippen LogP contribution in [-0.2, 0) is 6.42 Å². The molecule has 0 spiro atoms. The maximum atomic E-state index is 13.6. The fraction of sp³-hybridized carbons (Fsp3) is 0.182. The first-order valence-corrected chi connectivity index (χ1v) is 4.80. The Balaban J connectivity index is 2.54. The molecule has 0 amide bonds. The summed E-state index contributed by atoms with van der Waals surface area (Å²) in [6.45, 7) is 1.98. The first kappa shape index (κ1) is 9.71. The monoisotopic (exact) mass is 205 g/mol. The lowest BCUT2D eigenvalue weighted by Crippen LogP contribution is -2.02. The van der Waals surface area contributed by atoms with Gasteiger partial charge < -0.3 is 10.3 Å². The van der Waals surface area contributed by atoms with Crippen LogP contribution in [0.5, 0.6) is 0 Å². The minimum Gasteiger partial charge on any atom is -0.399 e. The lowest BCUT2D eigenvalue weighted by molar-refractivity contribution is 0.616. The highest BCUT2D eigenvalue weighted by Crippen LogP contribution is 2.17. The Morgan fingerprint density at radius 1 is 1.47 bits per heavy atom. The first-order chi connectivity index (χ1) is 7.22. The number of anilines is 1. The smallest absolute Gasteiger partial charge is 0.149 e. The molecular formula is C11H12FN3. The van der Waals surface area contributed by atoms with Gasteiger partial charge in [-0.3, -0.25) is 0 Å². The van der Waals surface area contributed by atoms with E-state index in [1.807, 2.05) is 6.92 Å². The van der Waals surface area contributed by atoms with Crippen LogP contribution in [0.25, 0.3) is 5.69 Å². The van der Waals surface area contributed by atoms with E-state index in [0.717, 1.165) is 12.2 Å². The van der Waals surface area contributed by atoms with Gasteiger partial charge in [-0.25, -0.2) is 9.37 Å². The van der Waals surface area contributed by atoms with Crippen molar-refractivity contribution in [1.82, 2.24) is 9.55 Å². The van der Waals surface area contributed by atoms with Crippen molar-refractivity contribution in [2.45, 2.75) is 13.3 Å². The van der Waals surface area contributed by atoms with E-state index in [0.29, 0.717) is 11.4 Å². The molecule has 0 unspecified atom stereocenters. The summed E-state index contributed by atoms with van der Waals surface area (Å²) in [5.74, 6) is 0.501. The van der Waals surface area contributed by atoms with Crippen molar-refractivity contribution in [1.29, 1.82) is 0 Å². The molecule has 78 valence electrons. The summed E-state index contributed by atoms with van der Waals surface area (Å²) in [5.41, 5.74) is 6.40. The Bertz CT molecular complexity index is 476. The van der Waals surface area contributed by atoms with Gasteiger partial charge in [0.2, 0.25) is 0 Å². The second-order valence-corrected chi connectivity index (χ2v) is 3.28. The lowest BCUT2D eigenvalue weighted by atomic mass is 10.2. The molecule has 0 radical (unpaired) electrons. The summed E-state index contributed by atoms with van der Waals surface area (Å²) in [7, 11) is 0. The fourth-order valence-corrected chi connectivity index (χ4v) is 1.53. The molecular weight excluding hydrogens is 193 g/mol. The molecule has 0 aliphatic carbocycles.